The molecule has 0 aliphatic carbocycles. The van der Waals surface area contributed by atoms with E-state index in [1.54, 1.807) is 18.2 Å². The number of thioether (sulfide) groups is 1. The number of rotatable bonds is 3. The summed E-state index contributed by atoms with van der Waals surface area (Å²) in [7, 11) is 0. The van der Waals surface area contributed by atoms with Gasteiger partial charge in [-0.2, -0.15) is 0 Å². The molecule has 0 atom stereocenters. The number of amides is 2. The molecule has 2 aliphatic rings. The third-order valence-corrected chi connectivity index (χ3v) is 3.54. The minimum atomic E-state index is -0.403. The van der Waals surface area contributed by atoms with Gasteiger partial charge >= 0.3 is 0 Å². The van der Waals surface area contributed by atoms with Gasteiger partial charge in [-0.15, -0.1) is 0 Å². The average molecular weight is 293 g/mol. The van der Waals surface area contributed by atoms with E-state index >= 15 is 0 Å². The van der Waals surface area contributed by atoms with Crippen molar-refractivity contribution in [2.75, 3.05) is 13.4 Å². The first-order valence-corrected chi connectivity index (χ1v) is 6.80. The molecule has 0 spiro atoms. The Kier molecular flexibility index (Phi) is 3.27. The lowest BCUT2D eigenvalue weighted by Gasteiger charge is -2.09. The Morgan fingerprint density at radius 2 is 2.10 bits per heavy atom. The van der Waals surface area contributed by atoms with E-state index in [9.17, 15) is 9.59 Å². The summed E-state index contributed by atoms with van der Waals surface area (Å²) < 4.78 is 16.1. The largest absolute Gasteiger partial charge is 0.493 e. The van der Waals surface area contributed by atoms with Crippen LogP contribution in [0, 0.1) is 0 Å². The van der Waals surface area contributed by atoms with Crippen LogP contribution in [0.3, 0.4) is 0 Å². The van der Waals surface area contributed by atoms with Crippen molar-refractivity contribution in [3.63, 3.8) is 0 Å². The summed E-state index contributed by atoms with van der Waals surface area (Å²) in [6.07, 6.45) is 1.61. The van der Waals surface area contributed by atoms with Gasteiger partial charge in [-0.3, -0.25) is 14.9 Å². The standard InChI is InChI=1S/C13H11NO5S/c1-2-17-8-5-10-9(18-6-19-10)3-7(8)4-11-12(15)14-13(16)20-11/h3-5H,2,6H2,1H3,(H,14,15,16). The van der Waals surface area contributed by atoms with Crippen LogP contribution in [0.5, 0.6) is 17.2 Å². The van der Waals surface area contributed by atoms with Crippen molar-refractivity contribution in [2.45, 2.75) is 6.92 Å². The summed E-state index contributed by atoms with van der Waals surface area (Å²) in [4.78, 5) is 23.1. The molecule has 104 valence electrons. The zero-order valence-corrected chi connectivity index (χ0v) is 11.4. The molecule has 0 aromatic heterocycles. The van der Waals surface area contributed by atoms with Crippen molar-refractivity contribution in [1.29, 1.82) is 0 Å². The van der Waals surface area contributed by atoms with Crippen molar-refractivity contribution >= 4 is 29.0 Å². The molecule has 20 heavy (non-hydrogen) atoms. The average Bonchev–Trinajstić information content (AvgIpc) is 2.97. The number of carbonyl (C=O) groups excluding carboxylic acids is 2. The number of fused-ring (bicyclic) bond motifs is 1. The molecular weight excluding hydrogens is 282 g/mol. The van der Waals surface area contributed by atoms with Gasteiger partial charge in [0.1, 0.15) is 5.75 Å². The van der Waals surface area contributed by atoms with E-state index in [0.717, 1.165) is 11.8 Å². The Morgan fingerprint density at radius 1 is 1.35 bits per heavy atom. The Morgan fingerprint density at radius 3 is 2.75 bits per heavy atom. The van der Waals surface area contributed by atoms with Gasteiger partial charge in [0.25, 0.3) is 11.1 Å². The fraction of sp³-hybridized carbons (Fsp3) is 0.231. The first kappa shape index (κ1) is 12.9. The molecule has 0 bridgehead atoms. The van der Waals surface area contributed by atoms with Crippen molar-refractivity contribution < 1.29 is 23.8 Å². The van der Waals surface area contributed by atoms with Crippen LogP contribution in [0.25, 0.3) is 6.08 Å². The molecule has 1 N–H and O–H groups in total. The first-order valence-electron chi connectivity index (χ1n) is 5.98. The Labute approximate surface area is 119 Å². The SMILES string of the molecule is CCOc1cc2c(cc1C=C1SC(=O)NC1=O)OCO2. The van der Waals surface area contributed by atoms with E-state index in [1.807, 2.05) is 6.92 Å². The predicted octanol–water partition coefficient (Wildman–Crippen LogP) is 2.14. The normalized spacial score (nSPS) is 18.6. The summed E-state index contributed by atoms with van der Waals surface area (Å²) in [6.45, 7) is 2.50. The number of hydrogen-bond donors (Lipinski definition) is 1. The van der Waals surface area contributed by atoms with Gasteiger partial charge in [-0.25, -0.2) is 0 Å². The van der Waals surface area contributed by atoms with E-state index in [2.05, 4.69) is 5.32 Å². The zero-order chi connectivity index (χ0) is 14.1. The molecule has 2 amide bonds. The highest BCUT2D eigenvalue weighted by Crippen LogP contribution is 2.40. The zero-order valence-electron chi connectivity index (χ0n) is 10.6. The molecule has 1 saturated heterocycles. The van der Waals surface area contributed by atoms with E-state index in [-0.39, 0.29) is 12.0 Å². The van der Waals surface area contributed by atoms with E-state index in [4.69, 9.17) is 14.2 Å². The summed E-state index contributed by atoms with van der Waals surface area (Å²) in [5, 5.41) is 1.84. The minimum Gasteiger partial charge on any atom is -0.493 e. The number of carbonyl (C=O) groups is 2. The van der Waals surface area contributed by atoms with Gasteiger partial charge in [-0.05, 0) is 30.8 Å². The molecule has 0 saturated carbocycles. The number of imide groups is 1. The van der Waals surface area contributed by atoms with Crippen LogP contribution in [0.2, 0.25) is 0 Å². The van der Waals surface area contributed by atoms with Gasteiger partial charge < -0.3 is 14.2 Å². The summed E-state index contributed by atoms with van der Waals surface area (Å²) in [5.74, 6) is 1.38. The third-order valence-electron chi connectivity index (χ3n) is 2.73. The van der Waals surface area contributed by atoms with Crippen molar-refractivity contribution in [2.24, 2.45) is 0 Å². The first-order chi connectivity index (χ1) is 9.67. The summed E-state index contributed by atoms with van der Waals surface area (Å²) >= 11 is 0.862. The van der Waals surface area contributed by atoms with Crippen LogP contribution in [0.4, 0.5) is 4.79 Å². The van der Waals surface area contributed by atoms with E-state index in [1.165, 1.54) is 0 Å². The lowest BCUT2D eigenvalue weighted by atomic mass is 10.1. The predicted molar refractivity (Wildman–Crippen MR) is 72.8 cm³/mol. The minimum absolute atomic E-state index is 0.161. The molecule has 7 heteroatoms. The van der Waals surface area contributed by atoms with Crippen LogP contribution < -0.4 is 19.5 Å². The molecule has 0 unspecified atom stereocenters. The van der Waals surface area contributed by atoms with Gasteiger partial charge in [0.05, 0.1) is 11.5 Å². The van der Waals surface area contributed by atoms with Crippen LogP contribution in [0.15, 0.2) is 17.0 Å². The molecule has 2 aliphatic heterocycles. The Bertz CT molecular complexity index is 625. The molecule has 1 aromatic carbocycles. The van der Waals surface area contributed by atoms with Gasteiger partial charge in [0, 0.05) is 11.6 Å². The van der Waals surface area contributed by atoms with Crippen LogP contribution in [-0.4, -0.2) is 24.5 Å². The number of benzene rings is 1. The molecule has 6 nitrogen and oxygen atoms in total. The highest BCUT2D eigenvalue weighted by atomic mass is 32.2. The van der Waals surface area contributed by atoms with Crippen molar-refractivity contribution in [3.05, 3.63) is 22.6 Å². The fourth-order valence-electron chi connectivity index (χ4n) is 1.89. The van der Waals surface area contributed by atoms with Gasteiger partial charge in [0.15, 0.2) is 11.5 Å². The summed E-state index contributed by atoms with van der Waals surface area (Å²) in [6, 6.07) is 3.45. The van der Waals surface area contributed by atoms with Crippen molar-refractivity contribution in [3.8, 4) is 17.2 Å². The highest BCUT2D eigenvalue weighted by Gasteiger charge is 2.26. The molecule has 0 radical (unpaired) electrons. The third kappa shape index (κ3) is 2.32. The smallest absolute Gasteiger partial charge is 0.290 e. The van der Waals surface area contributed by atoms with Crippen LogP contribution >= 0.6 is 11.8 Å². The maximum absolute atomic E-state index is 11.6. The van der Waals surface area contributed by atoms with E-state index < -0.39 is 5.91 Å². The maximum atomic E-state index is 11.6. The molecular formula is C13H11NO5S. The quantitative estimate of drug-likeness (QED) is 0.861. The second kappa shape index (κ2) is 5.09. The number of hydrogen-bond acceptors (Lipinski definition) is 6. The van der Waals surface area contributed by atoms with Crippen LogP contribution in [0.1, 0.15) is 12.5 Å². The van der Waals surface area contributed by atoms with Gasteiger partial charge in [0.2, 0.25) is 6.79 Å². The molecule has 1 fully saturated rings. The van der Waals surface area contributed by atoms with Gasteiger partial charge in [-0.1, -0.05) is 0 Å². The fourth-order valence-corrected chi connectivity index (χ4v) is 2.57. The molecule has 2 heterocycles. The van der Waals surface area contributed by atoms with Crippen molar-refractivity contribution in [1.82, 2.24) is 5.32 Å². The summed E-state index contributed by atoms with van der Waals surface area (Å²) in [5.41, 5.74) is 0.670. The molecule has 3 rings (SSSR count). The number of nitrogens with one attached hydrogen (secondary N) is 1. The Balaban J connectivity index is 2.01. The number of ether oxygens (including phenoxy) is 3. The topological polar surface area (TPSA) is 73.9 Å². The monoisotopic (exact) mass is 293 g/mol. The lowest BCUT2D eigenvalue weighted by molar-refractivity contribution is -0.115. The maximum Gasteiger partial charge on any atom is 0.290 e. The van der Waals surface area contributed by atoms with Crippen LogP contribution in [-0.2, 0) is 4.79 Å². The molecule has 1 aromatic rings. The Hall–Kier alpha value is -2.15. The lowest BCUT2D eigenvalue weighted by Crippen LogP contribution is -2.17. The van der Waals surface area contributed by atoms with E-state index in [0.29, 0.717) is 34.3 Å². The second-order valence-corrected chi connectivity index (χ2v) is 5.04. The second-order valence-electron chi connectivity index (χ2n) is 4.03. The highest BCUT2D eigenvalue weighted by molar-refractivity contribution is 8.18.